The molecule has 1 unspecified atom stereocenters. The van der Waals surface area contributed by atoms with Crippen molar-refractivity contribution in [3.8, 4) is 6.07 Å². The number of benzene rings is 1. The SMILES string of the molecule is N#CCN1CCC(c2ccccc2)C1. The summed E-state index contributed by atoms with van der Waals surface area (Å²) in [5.41, 5.74) is 1.41. The van der Waals surface area contributed by atoms with Crippen molar-refractivity contribution in [2.45, 2.75) is 12.3 Å². The van der Waals surface area contributed by atoms with Crippen LogP contribution in [0.5, 0.6) is 0 Å². The van der Waals surface area contributed by atoms with E-state index in [9.17, 15) is 0 Å². The first-order valence-electron chi connectivity index (χ1n) is 5.04. The molecule has 1 aliphatic rings. The summed E-state index contributed by atoms with van der Waals surface area (Å²) in [5, 5.41) is 8.59. The molecule has 0 bridgehead atoms. The summed E-state index contributed by atoms with van der Waals surface area (Å²) in [6, 6.07) is 12.8. The lowest BCUT2D eigenvalue weighted by molar-refractivity contribution is 0.376. The molecule has 14 heavy (non-hydrogen) atoms. The van der Waals surface area contributed by atoms with E-state index in [1.165, 1.54) is 12.0 Å². The monoisotopic (exact) mass is 186 g/mol. The summed E-state index contributed by atoms with van der Waals surface area (Å²) in [7, 11) is 0. The van der Waals surface area contributed by atoms with Gasteiger partial charge < -0.3 is 0 Å². The van der Waals surface area contributed by atoms with Gasteiger partial charge in [0.15, 0.2) is 0 Å². The predicted molar refractivity (Wildman–Crippen MR) is 55.9 cm³/mol. The Labute approximate surface area is 84.8 Å². The number of likely N-dealkylation sites (tertiary alicyclic amines) is 1. The van der Waals surface area contributed by atoms with Crippen molar-refractivity contribution in [2.24, 2.45) is 0 Å². The second kappa shape index (κ2) is 4.26. The van der Waals surface area contributed by atoms with Crippen LogP contribution in [0.3, 0.4) is 0 Å². The van der Waals surface area contributed by atoms with Gasteiger partial charge in [0, 0.05) is 6.54 Å². The van der Waals surface area contributed by atoms with E-state index in [-0.39, 0.29) is 0 Å². The Balaban J connectivity index is 2.00. The Morgan fingerprint density at radius 1 is 1.36 bits per heavy atom. The Bertz CT molecular complexity index is 326. The lowest BCUT2D eigenvalue weighted by atomic mass is 9.99. The largest absolute Gasteiger partial charge is 0.290 e. The third-order valence-electron chi connectivity index (χ3n) is 2.84. The van der Waals surface area contributed by atoms with Crippen molar-refractivity contribution in [3.63, 3.8) is 0 Å². The number of hydrogen-bond acceptors (Lipinski definition) is 2. The van der Waals surface area contributed by atoms with Gasteiger partial charge in [-0.25, -0.2) is 0 Å². The lowest BCUT2D eigenvalue weighted by Gasteiger charge is -2.11. The van der Waals surface area contributed by atoms with Crippen LogP contribution in [0.4, 0.5) is 0 Å². The van der Waals surface area contributed by atoms with E-state index in [1.807, 2.05) is 6.07 Å². The minimum absolute atomic E-state index is 0.573. The van der Waals surface area contributed by atoms with Gasteiger partial charge >= 0.3 is 0 Å². The molecule has 1 atom stereocenters. The second-order valence-electron chi connectivity index (χ2n) is 3.79. The van der Waals surface area contributed by atoms with Crippen LogP contribution in [0.15, 0.2) is 30.3 Å². The van der Waals surface area contributed by atoms with Gasteiger partial charge in [-0.3, -0.25) is 4.90 Å². The van der Waals surface area contributed by atoms with Gasteiger partial charge in [0.25, 0.3) is 0 Å². The van der Waals surface area contributed by atoms with Crippen LogP contribution < -0.4 is 0 Å². The van der Waals surface area contributed by atoms with Crippen LogP contribution in [0.2, 0.25) is 0 Å². The van der Waals surface area contributed by atoms with Crippen molar-refractivity contribution in [1.82, 2.24) is 4.90 Å². The molecule has 0 N–H and O–H groups in total. The molecule has 1 saturated heterocycles. The minimum atomic E-state index is 0.573. The summed E-state index contributed by atoms with van der Waals surface area (Å²) in [6.07, 6.45) is 1.19. The molecule has 1 fully saturated rings. The van der Waals surface area contributed by atoms with Gasteiger partial charge in [0.2, 0.25) is 0 Å². The molecule has 2 heteroatoms. The Kier molecular flexibility index (Phi) is 2.81. The van der Waals surface area contributed by atoms with Gasteiger partial charge in [0.1, 0.15) is 0 Å². The van der Waals surface area contributed by atoms with Gasteiger partial charge in [-0.05, 0) is 24.4 Å². The van der Waals surface area contributed by atoms with E-state index >= 15 is 0 Å². The number of nitriles is 1. The fourth-order valence-corrected chi connectivity index (χ4v) is 2.07. The fraction of sp³-hybridized carbons (Fsp3) is 0.417. The van der Waals surface area contributed by atoms with Crippen LogP contribution in [-0.4, -0.2) is 24.5 Å². The van der Waals surface area contributed by atoms with Crippen molar-refractivity contribution in [2.75, 3.05) is 19.6 Å². The molecule has 0 aliphatic carbocycles. The lowest BCUT2D eigenvalue weighted by Crippen LogP contribution is -2.20. The van der Waals surface area contributed by atoms with Crippen LogP contribution in [0, 0.1) is 11.3 Å². The number of rotatable bonds is 2. The number of nitrogens with zero attached hydrogens (tertiary/aromatic N) is 2. The van der Waals surface area contributed by atoms with Crippen LogP contribution in [-0.2, 0) is 0 Å². The normalized spacial score (nSPS) is 22.1. The van der Waals surface area contributed by atoms with Crippen LogP contribution >= 0.6 is 0 Å². The molecule has 0 saturated carbocycles. The zero-order chi connectivity index (χ0) is 9.80. The van der Waals surface area contributed by atoms with Crippen molar-refractivity contribution >= 4 is 0 Å². The third kappa shape index (κ3) is 1.94. The topological polar surface area (TPSA) is 27.0 Å². The summed E-state index contributed by atoms with van der Waals surface area (Å²) in [5.74, 6) is 0.629. The molecule has 0 spiro atoms. The second-order valence-corrected chi connectivity index (χ2v) is 3.79. The maximum absolute atomic E-state index is 8.59. The highest BCUT2D eigenvalue weighted by atomic mass is 15.1. The smallest absolute Gasteiger partial charge is 0.0866 e. The summed E-state index contributed by atoms with van der Waals surface area (Å²) < 4.78 is 0. The van der Waals surface area contributed by atoms with E-state index in [2.05, 4.69) is 35.2 Å². The van der Waals surface area contributed by atoms with Crippen LogP contribution in [0.1, 0.15) is 17.9 Å². The van der Waals surface area contributed by atoms with Gasteiger partial charge in [0.05, 0.1) is 12.6 Å². The van der Waals surface area contributed by atoms with Gasteiger partial charge in [-0.2, -0.15) is 5.26 Å². The molecule has 1 heterocycles. The zero-order valence-electron chi connectivity index (χ0n) is 8.19. The average molecular weight is 186 g/mol. The Morgan fingerprint density at radius 2 is 2.14 bits per heavy atom. The van der Waals surface area contributed by atoms with E-state index in [1.54, 1.807) is 0 Å². The van der Waals surface area contributed by atoms with Crippen molar-refractivity contribution in [3.05, 3.63) is 35.9 Å². The standard InChI is InChI=1S/C12H14N2/c13-7-9-14-8-6-12(10-14)11-4-2-1-3-5-11/h1-5,12H,6,8-10H2. The van der Waals surface area contributed by atoms with Crippen molar-refractivity contribution in [1.29, 1.82) is 5.26 Å². The van der Waals surface area contributed by atoms with Gasteiger partial charge in [-0.1, -0.05) is 30.3 Å². The quantitative estimate of drug-likeness (QED) is 0.660. The molecule has 2 nitrogen and oxygen atoms in total. The first-order valence-corrected chi connectivity index (χ1v) is 5.04. The summed E-state index contributed by atoms with van der Waals surface area (Å²) >= 11 is 0. The first kappa shape index (κ1) is 9.23. The molecule has 1 aromatic carbocycles. The van der Waals surface area contributed by atoms with Crippen LogP contribution in [0.25, 0.3) is 0 Å². The maximum atomic E-state index is 8.59. The highest BCUT2D eigenvalue weighted by Gasteiger charge is 2.22. The van der Waals surface area contributed by atoms with E-state index < -0.39 is 0 Å². The molecule has 1 aromatic rings. The van der Waals surface area contributed by atoms with E-state index in [0.29, 0.717) is 12.5 Å². The molecule has 0 radical (unpaired) electrons. The number of hydrogen-bond donors (Lipinski definition) is 0. The van der Waals surface area contributed by atoms with E-state index in [0.717, 1.165) is 13.1 Å². The summed E-state index contributed by atoms with van der Waals surface area (Å²) in [6.45, 7) is 2.67. The molecular formula is C12H14N2. The first-order chi connectivity index (χ1) is 6.90. The molecule has 2 rings (SSSR count). The molecule has 72 valence electrons. The fourth-order valence-electron chi connectivity index (χ4n) is 2.07. The van der Waals surface area contributed by atoms with Crippen molar-refractivity contribution < 1.29 is 0 Å². The maximum Gasteiger partial charge on any atom is 0.0866 e. The predicted octanol–water partition coefficient (Wildman–Crippen LogP) is 2.00. The Morgan fingerprint density at radius 3 is 2.86 bits per heavy atom. The molecule has 0 amide bonds. The average Bonchev–Trinajstić information content (AvgIpc) is 2.68. The summed E-state index contributed by atoms with van der Waals surface area (Å²) in [4.78, 5) is 2.22. The highest BCUT2D eigenvalue weighted by molar-refractivity contribution is 5.21. The zero-order valence-corrected chi connectivity index (χ0v) is 8.19. The molecular weight excluding hydrogens is 172 g/mol. The molecule has 1 aliphatic heterocycles. The molecule has 0 aromatic heterocycles. The minimum Gasteiger partial charge on any atom is -0.290 e. The van der Waals surface area contributed by atoms with Gasteiger partial charge in [-0.15, -0.1) is 0 Å². The van der Waals surface area contributed by atoms with E-state index in [4.69, 9.17) is 5.26 Å². The highest BCUT2D eigenvalue weighted by Crippen LogP contribution is 2.26. The third-order valence-corrected chi connectivity index (χ3v) is 2.84. The Hall–Kier alpha value is -1.33.